The maximum absolute atomic E-state index is 12.6. The molecule has 1 N–H and O–H groups in total. The van der Waals surface area contributed by atoms with Gasteiger partial charge in [0, 0.05) is 18.1 Å². The first-order chi connectivity index (χ1) is 12.3. The number of rotatable bonds is 5. The first-order valence-electron chi connectivity index (χ1n) is 9.22. The van der Waals surface area contributed by atoms with E-state index in [0.29, 0.717) is 11.8 Å². The Morgan fingerprint density at radius 2 is 1.92 bits per heavy atom. The van der Waals surface area contributed by atoms with Gasteiger partial charge >= 0.3 is 0 Å². The van der Waals surface area contributed by atoms with Gasteiger partial charge < -0.3 is 9.72 Å². The number of benzene rings is 1. The molecule has 0 bridgehead atoms. The summed E-state index contributed by atoms with van der Waals surface area (Å²) in [5.74, 6) is 0.783. The van der Waals surface area contributed by atoms with Crippen molar-refractivity contribution in [1.29, 1.82) is 0 Å². The molecule has 0 fully saturated rings. The van der Waals surface area contributed by atoms with Crippen molar-refractivity contribution in [3.63, 3.8) is 0 Å². The fourth-order valence-corrected chi connectivity index (χ4v) is 3.18. The quantitative estimate of drug-likeness (QED) is 0.699. The number of pyridine rings is 1. The molecule has 4 nitrogen and oxygen atoms in total. The van der Waals surface area contributed by atoms with E-state index in [1.54, 1.807) is 0 Å². The van der Waals surface area contributed by atoms with E-state index < -0.39 is 0 Å². The molecule has 0 aliphatic heterocycles. The van der Waals surface area contributed by atoms with E-state index in [2.05, 4.69) is 50.1 Å². The van der Waals surface area contributed by atoms with Crippen LogP contribution in [-0.2, 0) is 11.2 Å². The number of nitrogens with one attached hydrogen (secondary N) is 1. The summed E-state index contributed by atoms with van der Waals surface area (Å²) in [5, 5.41) is 3.08. The third kappa shape index (κ3) is 3.79. The zero-order chi connectivity index (χ0) is 18.8. The molecule has 3 rings (SSSR count). The second kappa shape index (κ2) is 7.32. The van der Waals surface area contributed by atoms with Crippen molar-refractivity contribution in [3.8, 4) is 0 Å². The average molecular weight is 349 g/mol. The molecule has 0 aliphatic rings. The smallest absolute Gasteiger partial charge is 0.230 e. The third-order valence-electron chi connectivity index (χ3n) is 4.71. The highest BCUT2D eigenvalue weighted by molar-refractivity contribution is 5.93. The van der Waals surface area contributed by atoms with Crippen LogP contribution in [0.3, 0.4) is 0 Å². The average Bonchev–Trinajstić information content (AvgIpc) is 2.98. The summed E-state index contributed by atoms with van der Waals surface area (Å²) in [5.41, 5.74) is 6.15. The van der Waals surface area contributed by atoms with Crippen molar-refractivity contribution in [2.24, 2.45) is 0 Å². The molecule has 0 atom stereocenters. The summed E-state index contributed by atoms with van der Waals surface area (Å²) in [6, 6.07) is 10.3. The molecule has 0 spiro atoms. The van der Waals surface area contributed by atoms with Crippen molar-refractivity contribution in [1.82, 2.24) is 9.38 Å². The van der Waals surface area contributed by atoms with Gasteiger partial charge in [-0.25, -0.2) is 4.98 Å². The van der Waals surface area contributed by atoms with Crippen LogP contribution in [0, 0.1) is 6.92 Å². The normalized spacial score (nSPS) is 11.5. The summed E-state index contributed by atoms with van der Waals surface area (Å²) in [7, 11) is 0. The largest absolute Gasteiger partial charge is 0.325 e. The number of aryl methyl sites for hydroxylation is 1. The summed E-state index contributed by atoms with van der Waals surface area (Å²) in [6.45, 7) is 10.7. The molecule has 0 radical (unpaired) electrons. The number of hydrogen-bond acceptors (Lipinski definition) is 2. The first kappa shape index (κ1) is 18.2. The number of carbonyl (C=O) groups is 1. The molecule has 136 valence electrons. The van der Waals surface area contributed by atoms with Gasteiger partial charge in [-0.15, -0.1) is 0 Å². The lowest BCUT2D eigenvalue weighted by atomic mass is 9.94. The summed E-state index contributed by atoms with van der Waals surface area (Å²) >= 11 is 0. The molecule has 2 heterocycles. The van der Waals surface area contributed by atoms with E-state index in [9.17, 15) is 4.79 Å². The van der Waals surface area contributed by atoms with Crippen molar-refractivity contribution in [2.45, 2.75) is 52.9 Å². The molecule has 0 aliphatic carbocycles. The van der Waals surface area contributed by atoms with Crippen LogP contribution in [0.5, 0.6) is 0 Å². The molecule has 1 aromatic carbocycles. The molecular weight excluding hydrogens is 322 g/mol. The second-order valence-electron chi connectivity index (χ2n) is 7.54. The van der Waals surface area contributed by atoms with Crippen molar-refractivity contribution < 1.29 is 4.79 Å². The minimum atomic E-state index is -0.0368. The Bertz CT molecular complexity index is 938. The fraction of sp³-hybridized carbons (Fsp3) is 0.364. The van der Waals surface area contributed by atoms with Gasteiger partial charge in [-0.3, -0.25) is 4.79 Å². The number of nitrogens with zero attached hydrogens (tertiary/aromatic N) is 2. The fourth-order valence-electron chi connectivity index (χ4n) is 3.18. The number of amides is 1. The van der Waals surface area contributed by atoms with Crippen LogP contribution in [0.4, 0.5) is 5.69 Å². The maximum atomic E-state index is 12.6. The number of imidazole rings is 1. The molecule has 2 aromatic heterocycles. The van der Waals surface area contributed by atoms with Crippen LogP contribution in [-0.4, -0.2) is 15.3 Å². The summed E-state index contributed by atoms with van der Waals surface area (Å²) in [4.78, 5) is 17.2. The zero-order valence-corrected chi connectivity index (χ0v) is 16.2. The second-order valence-corrected chi connectivity index (χ2v) is 7.54. The third-order valence-corrected chi connectivity index (χ3v) is 4.71. The van der Waals surface area contributed by atoms with Crippen LogP contribution in [0.2, 0.25) is 0 Å². The van der Waals surface area contributed by atoms with E-state index in [1.807, 2.05) is 41.9 Å². The van der Waals surface area contributed by atoms with Gasteiger partial charge in [0.15, 0.2) is 0 Å². The van der Waals surface area contributed by atoms with Gasteiger partial charge in [0.05, 0.1) is 12.1 Å². The van der Waals surface area contributed by atoms with Gasteiger partial charge in [-0.05, 0) is 47.6 Å². The van der Waals surface area contributed by atoms with Crippen LogP contribution in [0.15, 0.2) is 42.7 Å². The van der Waals surface area contributed by atoms with Gasteiger partial charge in [-0.1, -0.05) is 45.9 Å². The Morgan fingerprint density at radius 3 is 2.58 bits per heavy atom. The molecular formula is C22H27N3O. The SMILES string of the molecule is Cc1cccn2cc(CC(=O)Nc3ccc(C(C)C)cc3C(C)C)nc12. The molecule has 0 unspecified atom stereocenters. The molecule has 4 heteroatoms. The van der Waals surface area contributed by atoms with Crippen molar-refractivity contribution in [3.05, 3.63) is 65.1 Å². The standard InChI is InChI=1S/C22H27N3O/c1-14(2)17-8-9-20(19(11-17)15(3)4)24-21(26)12-18-13-25-10-6-7-16(5)22(25)23-18/h6-11,13-15H,12H2,1-5H3,(H,24,26). The Kier molecular flexibility index (Phi) is 5.12. The molecule has 3 aromatic rings. The van der Waals surface area contributed by atoms with Crippen LogP contribution >= 0.6 is 0 Å². The topological polar surface area (TPSA) is 46.4 Å². The van der Waals surface area contributed by atoms with Crippen LogP contribution in [0.1, 0.15) is 61.9 Å². The Morgan fingerprint density at radius 1 is 1.15 bits per heavy atom. The lowest BCUT2D eigenvalue weighted by molar-refractivity contribution is -0.115. The van der Waals surface area contributed by atoms with E-state index >= 15 is 0 Å². The van der Waals surface area contributed by atoms with Crippen molar-refractivity contribution in [2.75, 3.05) is 5.32 Å². The number of hydrogen-bond donors (Lipinski definition) is 1. The Balaban J connectivity index is 1.79. The number of carbonyl (C=O) groups excluding carboxylic acids is 1. The molecule has 1 amide bonds. The monoisotopic (exact) mass is 349 g/mol. The molecule has 26 heavy (non-hydrogen) atoms. The molecule has 0 saturated heterocycles. The van der Waals surface area contributed by atoms with E-state index in [0.717, 1.165) is 22.6 Å². The minimum absolute atomic E-state index is 0.0368. The lowest BCUT2D eigenvalue weighted by Gasteiger charge is -2.17. The van der Waals surface area contributed by atoms with Gasteiger partial charge in [-0.2, -0.15) is 0 Å². The van der Waals surface area contributed by atoms with Gasteiger partial charge in [0.1, 0.15) is 5.65 Å². The van der Waals surface area contributed by atoms with Crippen molar-refractivity contribution >= 4 is 17.2 Å². The Hall–Kier alpha value is -2.62. The predicted octanol–water partition coefficient (Wildman–Crippen LogP) is 5.07. The zero-order valence-electron chi connectivity index (χ0n) is 16.2. The highest BCUT2D eigenvalue weighted by atomic mass is 16.1. The lowest BCUT2D eigenvalue weighted by Crippen LogP contribution is -2.16. The van der Waals surface area contributed by atoms with Gasteiger partial charge in [0.25, 0.3) is 0 Å². The van der Waals surface area contributed by atoms with E-state index in [4.69, 9.17) is 0 Å². The van der Waals surface area contributed by atoms with Gasteiger partial charge in [0.2, 0.25) is 5.91 Å². The number of anilines is 1. The van der Waals surface area contributed by atoms with Crippen LogP contribution < -0.4 is 5.32 Å². The van der Waals surface area contributed by atoms with E-state index in [-0.39, 0.29) is 12.3 Å². The predicted molar refractivity (Wildman–Crippen MR) is 107 cm³/mol. The molecule has 0 saturated carbocycles. The van der Waals surface area contributed by atoms with E-state index in [1.165, 1.54) is 11.1 Å². The minimum Gasteiger partial charge on any atom is -0.325 e. The Labute approximate surface area is 155 Å². The highest BCUT2D eigenvalue weighted by Crippen LogP contribution is 2.28. The maximum Gasteiger partial charge on any atom is 0.230 e. The number of aromatic nitrogens is 2. The first-order valence-corrected chi connectivity index (χ1v) is 9.22. The number of fused-ring (bicyclic) bond motifs is 1. The summed E-state index contributed by atoms with van der Waals surface area (Å²) < 4.78 is 1.97. The highest BCUT2D eigenvalue weighted by Gasteiger charge is 2.14. The summed E-state index contributed by atoms with van der Waals surface area (Å²) in [6.07, 6.45) is 4.15. The van der Waals surface area contributed by atoms with Crippen LogP contribution in [0.25, 0.3) is 5.65 Å².